The minimum Gasteiger partial charge on any atom is -0.353 e. The third-order valence-electron chi connectivity index (χ3n) is 4.41. The molecule has 1 N–H and O–H groups in total. The second-order valence-electron chi connectivity index (χ2n) is 7.25. The van der Waals surface area contributed by atoms with Crippen LogP contribution < -0.4 is 5.32 Å². The Balaban J connectivity index is 2.07. The summed E-state index contributed by atoms with van der Waals surface area (Å²) >= 11 is 0. The summed E-state index contributed by atoms with van der Waals surface area (Å²) in [5.41, 5.74) is 2.18. The van der Waals surface area contributed by atoms with Crippen molar-refractivity contribution in [3.63, 3.8) is 0 Å². The van der Waals surface area contributed by atoms with Crippen LogP contribution in [0.25, 0.3) is 0 Å². The lowest BCUT2D eigenvalue weighted by Crippen LogP contribution is -2.45. The van der Waals surface area contributed by atoms with Crippen LogP contribution in [0, 0.1) is 0 Å². The first-order valence-electron chi connectivity index (χ1n) is 9.85. The van der Waals surface area contributed by atoms with Crippen molar-refractivity contribution in [2.75, 3.05) is 19.6 Å². The number of carbonyl (C=O) groups is 2. The van der Waals surface area contributed by atoms with E-state index in [1.165, 1.54) is 0 Å². The summed E-state index contributed by atoms with van der Waals surface area (Å²) in [6.07, 6.45) is 0. The zero-order valence-electron chi connectivity index (χ0n) is 17.1. The molecule has 2 aromatic rings. The van der Waals surface area contributed by atoms with E-state index in [4.69, 9.17) is 0 Å². The molecule has 0 radical (unpaired) electrons. The smallest absolute Gasteiger partial charge is 0.237 e. The van der Waals surface area contributed by atoms with Crippen LogP contribution in [0.5, 0.6) is 0 Å². The van der Waals surface area contributed by atoms with Crippen molar-refractivity contribution in [3.8, 4) is 0 Å². The molecule has 0 fully saturated rings. The first-order valence-corrected chi connectivity index (χ1v) is 9.85. The highest BCUT2D eigenvalue weighted by atomic mass is 16.2. The molecule has 2 amide bonds. The van der Waals surface area contributed by atoms with Crippen molar-refractivity contribution in [3.05, 3.63) is 71.8 Å². The fourth-order valence-corrected chi connectivity index (χ4v) is 2.98. The van der Waals surface area contributed by atoms with Gasteiger partial charge in [0.1, 0.15) is 0 Å². The molecule has 0 aliphatic carbocycles. The van der Waals surface area contributed by atoms with Gasteiger partial charge in [0.25, 0.3) is 0 Å². The molecule has 0 bridgehead atoms. The van der Waals surface area contributed by atoms with Crippen LogP contribution in [0.1, 0.15) is 31.9 Å². The highest BCUT2D eigenvalue weighted by molar-refractivity contribution is 5.81. The predicted molar refractivity (Wildman–Crippen MR) is 113 cm³/mol. The molecule has 150 valence electrons. The van der Waals surface area contributed by atoms with E-state index in [9.17, 15) is 9.59 Å². The fourth-order valence-electron chi connectivity index (χ4n) is 2.98. The van der Waals surface area contributed by atoms with Gasteiger partial charge in [-0.2, -0.15) is 0 Å². The molecule has 0 aliphatic heterocycles. The Morgan fingerprint density at radius 2 is 1.36 bits per heavy atom. The zero-order valence-corrected chi connectivity index (χ0v) is 17.1. The second kappa shape index (κ2) is 11.2. The van der Waals surface area contributed by atoms with E-state index in [0.29, 0.717) is 19.6 Å². The summed E-state index contributed by atoms with van der Waals surface area (Å²) in [6, 6.07) is 20.1. The molecule has 2 rings (SSSR count). The van der Waals surface area contributed by atoms with Crippen LogP contribution in [0.4, 0.5) is 0 Å². The molecule has 0 saturated heterocycles. The van der Waals surface area contributed by atoms with Crippen molar-refractivity contribution in [2.45, 2.75) is 39.9 Å². The van der Waals surface area contributed by atoms with Crippen LogP contribution in [0.3, 0.4) is 0 Å². The molecule has 5 heteroatoms. The van der Waals surface area contributed by atoms with Crippen molar-refractivity contribution in [1.82, 2.24) is 15.1 Å². The Kier molecular flexibility index (Phi) is 8.69. The Hall–Kier alpha value is -2.66. The van der Waals surface area contributed by atoms with Crippen LogP contribution in [0.15, 0.2) is 60.7 Å². The summed E-state index contributed by atoms with van der Waals surface area (Å²) in [5, 5.41) is 2.88. The van der Waals surface area contributed by atoms with E-state index in [2.05, 4.69) is 5.32 Å². The van der Waals surface area contributed by atoms with Gasteiger partial charge in [0.15, 0.2) is 0 Å². The molecule has 5 nitrogen and oxygen atoms in total. The number of rotatable bonds is 10. The van der Waals surface area contributed by atoms with Gasteiger partial charge in [-0.15, -0.1) is 0 Å². The maximum Gasteiger partial charge on any atom is 0.237 e. The van der Waals surface area contributed by atoms with Gasteiger partial charge in [0.05, 0.1) is 13.1 Å². The van der Waals surface area contributed by atoms with Crippen molar-refractivity contribution in [1.29, 1.82) is 0 Å². The van der Waals surface area contributed by atoms with E-state index in [1.807, 2.05) is 91.2 Å². The normalized spacial score (nSPS) is 10.9. The minimum atomic E-state index is -0.0534. The SMILES string of the molecule is CCN(CC(=O)NC(C)C)CC(=O)N(Cc1ccccc1)Cc1ccccc1. The van der Waals surface area contributed by atoms with Gasteiger partial charge in [0, 0.05) is 19.1 Å². The molecule has 28 heavy (non-hydrogen) atoms. The summed E-state index contributed by atoms with van der Waals surface area (Å²) in [4.78, 5) is 28.9. The number of hydrogen-bond acceptors (Lipinski definition) is 3. The van der Waals surface area contributed by atoms with Crippen LogP contribution in [0.2, 0.25) is 0 Å². The molecule has 0 spiro atoms. The van der Waals surface area contributed by atoms with Crippen LogP contribution in [-0.4, -0.2) is 47.3 Å². The lowest BCUT2D eigenvalue weighted by atomic mass is 10.1. The molecule has 0 heterocycles. The van der Waals surface area contributed by atoms with Gasteiger partial charge >= 0.3 is 0 Å². The molecular weight excluding hydrogens is 350 g/mol. The third-order valence-corrected chi connectivity index (χ3v) is 4.41. The van der Waals surface area contributed by atoms with Gasteiger partial charge < -0.3 is 10.2 Å². The van der Waals surface area contributed by atoms with Gasteiger partial charge in [0.2, 0.25) is 11.8 Å². The maximum absolute atomic E-state index is 13.1. The highest BCUT2D eigenvalue weighted by Gasteiger charge is 2.19. The fraction of sp³-hybridized carbons (Fsp3) is 0.391. The first kappa shape index (κ1) is 21.6. The van der Waals surface area contributed by atoms with Crippen LogP contribution >= 0.6 is 0 Å². The minimum absolute atomic E-state index is 0.0203. The number of amides is 2. The van der Waals surface area contributed by atoms with E-state index in [0.717, 1.165) is 11.1 Å². The zero-order chi connectivity index (χ0) is 20.4. The number of carbonyl (C=O) groups excluding carboxylic acids is 2. The number of nitrogens with one attached hydrogen (secondary N) is 1. The Morgan fingerprint density at radius 1 is 0.857 bits per heavy atom. The average molecular weight is 382 g/mol. The first-order chi connectivity index (χ1) is 13.5. The summed E-state index contributed by atoms with van der Waals surface area (Å²) in [5.74, 6) is -0.0331. The summed E-state index contributed by atoms with van der Waals surface area (Å²) < 4.78 is 0. The topological polar surface area (TPSA) is 52.7 Å². The third kappa shape index (κ3) is 7.53. The molecule has 0 aliphatic rings. The van der Waals surface area contributed by atoms with E-state index >= 15 is 0 Å². The Labute approximate surface area is 168 Å². The molecule has 0 unspecified atom stereocenters. The van der Waals surface area contributed by atoms with Gasteiger partial charge in [-0.1, -0.05) is 67.6 Å². The number of benzene rings is 2. The highest BCUT2D eigenvalue weighted by Crippen LogP contribution is 2.11. The van der Waals surface area contributed by atoms with E-state index in [-0.39, 0.29) is 30.9 Å². The quantitative estimate of drug-likeness (QED) is 0.688. The lowest BCUT2D eigenvalue weighted by molar-refractivity contribution is -0.134. The number of hydrogen-bond donors (Lipinski definition) is 1. The summed E-state index contributed by atoms with van der Waals surface area (Å²) in [6.45, 7) is 8.01. The van der Waals surface area contributed by atoms with Gasteiger partial charge in [-0.05, 0) is 31.5 Å². The molecule has 2 aromatic carbocycles. The molecular formula is C23H31N3O2. The molecule has 0 atom stereocenters. The van der Waals surface area contributed by atoms with Gasteiger partial charge in [-0.25, -0.2) is 0 Å². The molecule has 0 saturated carbocycles. The van der Waals surface area contributed by atoms with Crippen molar-refractivity contribution in [2.24, 2.45) is 0 Å². The largest absolute Gasteiger partial charge is 0.353 e. The average Bonchev–Trinajstić information content (AvgIpc) is 2.68. The monoisotopic (exact) mass is 381 g/mol. The maximum atomic E-state index is 13.1. The summed E-state index contributed by atoms with van der Waals surface area (Å²) in [7, 11) is 0. The Morgan fingerprint density at radius 3 is 1.79 bits per heavy atom. The van der Waals surface area contributed by atoms with Gasteiger partial charge in [-0.3, -0.25) is 14.5 Å². The number of nitrogens with zero attached hydrogens (tertiary/aromatic N) is 2. The van der Waals surface area contributed by atoms with E-state index < -0.39 is 0 Å². The molecule has 0 aromatic heterocycles. The van der Waals surface area contributed by atoms with Crippen molar-refractivity contribution >= 4 is 11.8 Å². The Bertz CT molecular complexity index is 691. The predicted octanol–water partition coefficient (Wildman–Crippen LogP) is 3.06. The van der Waals surface area contributed by atoms with Crippen molar-refractivity contribution < 1.29 is 9.59 Å². The second-order valence-corrected chi connectivity index (χ2v) is 7.25. The lowest BCUT2D eigenvalue weighted by Gasteiger charge is -2.27. The van der Waals surface area contributed by atoms with Crippen LogP contribution in [-0.2, 0) is 22.7 Å². The number of likely N-dealkylation sites (N-methyl/N-ethyl adjacent to an activating group) is 1. The standard InChI is InChI=1S/C23H31N3O2/c1-4-25(17-22(27)24-19(2)3)18-23(28)26(15-20-11-7-5-8-12-20)16-21-13-9-6-10-14-21/h5-14,19H,4,15-18H2,1-3H3,(H,24,27). The van der Waals surface area contributed by atoms with E-state index in [1.54, 1.807) is 0 Å².